The number of rotatable bonds is 15. The van der Waals surface area contributed by atoms with Gasteiger partial charge in [0, 0.05) is 0 Å². The van der Waals surface area contributed by atoms with E-state index < -0.39 is 36.7 Å². The van der Waals surface area contributed by atoms with Crippen molar-refractivity contribution in [3.05, 3.63) is 156 Å². The van der Waals surface area contributed by atoms with Crippen LogP contribution in [0.1, 0.15) is 27.0 Å². The minimum Gasteiger partial charge on any atom is -0.450 e. The molecule has 0 radical (unpaired) electrons. The summed E-state index contributed by atoms with van der Waals surface area (Å²) in [7, 11) is 0. The van der Waals surface area contributed by atoms with E-state index in [1.54, 1.807) is 30.3 Å². The third kappa shape index (κ3) is 8.95. The van der Waals surface area contributed by atoms with Gasteiger partial charge in [-0.15, -0.1) is 6.58 Å². The Morgan fingerprint density at radius 2 is 1.14 bits per heavy atom. The van der Waals surface area contributed by atoms with E-state index in [0.29, 0.717) is 18.8 Å². The van der Waals surface area contributed by atoms with Crippen LogP contribution in [0.2, 0.25) is 0 Å². The predicted octanol–water partition coefficient (Wildman–Crippen LogP) is 6.53. The first-order valence-corrected chi connectivity index (χ1v) is 14.8. The van der Waals surface area contributed by atoms with Crippen LogP contribution in [-0.2, 0) is 48.2 Å². The van der Waals surface area contributed by atoms with Crippen LogP contribution in [0.15, 0.2) is 134 Å². The molecule has 4 aromatic rings. The number of hydrogen-bond donors (Lipinski definition) is 0. The fraction of sp³-hybridized carbons (Fsp3) is 0.270. The van der Waals surface area contributed by atoms with E-state index in [-0.39, 0.29) is 19.8 Å². The Balaban J connectivity index is 1.44. The lowest BCUT2D eigenvalue weighted by Gasteiger charge is -2.45. The van der Waals surface area contributed by atoms with Gasteiger partial charge in [-0.1, -0.05) is 115 Å². The lowest BCUT2D eigenvalue weighted by Crippen LogP contribution is -2.62. The average molecular weight is 595 g/mol. The smallest absolute Gasteiger partial charge is 0.338 e. The van der Waals surface area contributed by atoms with Crippen molar-refractivity contribution in [2.24, 2.45) is 0 Å². The van der Waals surface area contributed by atoms with Crippen molar-refractivity contribution in [1.29, 1.82) is 0 Å². The average Bonchev–Trinajstić information content (AvgIpc) is 3.08. The Hall–Kier alpha value is -4.11. The summed E-state index contributed by atoms with van der Waals surface area (Å²) in [6, 6.07) is 38.4. The van der Waals surface area contributed by atoms with Gasteiger partial charge in [-0.25, -0.2) is 4.79 Å². The van der Waals surface area contributed by atoms with Crippen molar-refractivity contribution >= 4 is 5.97 Å². The van der Waals surface area contributed by atoms with Crippen molar-refractivity contribution < 1.29 is 33.2 Å². The lowest BCUT2D eigenvalue weighted by atomic mass is 9.97. The maximum Gasteiger partial charge on any atom is 0.338 e. The molecule has 0 aromatic heterocycles. The summed E-state index contributed by atoms with van der Waals surface area (Å²) in [5.41, 5.74) is 3.40. The molecule has 4 aromatic carbocycles. The topological polar surface area (TPSA) is 72.5 Å². The van der Waals surface area contributed by atoms with E-state index in [1.807, 2.05) is 97.1 Å². The summed E-state index contributed by atoms with van der Waals surface area (Å²) in [5.74, 6) is -0.514. The summed E-state index contributed by atoms with van der Waals surface area (Å²) in [6.07, 6.45) is -2.28. The van der Waals surface area contributed by atoms with Crippen LogP contribution in [0.5, 0.6) is 0 Å². The van der Waals surface area contributed by atoms with Crippen molar-refractivity contribution in [3.8, 4) is 0 Å². The van der Waals surface area contributed by atoms with Gasteiger partial charge < -0.3 is 28.4 Å². The number of carbonyl (C=O) groups is 1. The van der Waals surface area contributed by atoms with Gasteiger partial charge in [0.05, 0.1) is 38.6 Å². The van der Waals surface area contributed by atoms with Gasteiger partial charge in [0.15, 0.2) is 12.4 Å². The number of hydrogen-bond acceptors (Lipinski definition) is 7. The number of ether oxygens (including phenoxy) is 6. The largest absolute Gasteiger partial charge is 0.450 e. The molecule has 0 bridgehead atoms. The molecule has 7 heteroatoms. The van der Waals surface area contributed by atoms with E-state index in [0.717, 1.165) is 16.7 Å². The van der Waals surface area contributed by atoms with E-state index >= 15 is 0 Å². The minimum atomic E-state index is -0.955. The summed E-state index contributed by atoms with van der Waals surface area (Å²) in [4.78, 5) is 13.4. The molecule has 0 spiro atoms. The first-order chi connectivity index (χ1) is 21.7. The van der Waals surface area contributed by atoms with Crippen LogP contribution in [0.25, 0.3) is 0 Å². The van der Waals surface area contributed by atoms with Crippen LogP contribution >= 0.6 is 0 Å². The van der Waals surface area contributed by atoms with Crippen molar-refractivity contribution in [3.63, 3.8) is 0 Å². The molecule has 1 aliphatic heterocycles. The molecule has 1 heterocycles. The summed E-state index contributed by atoms with van der Waals surface area (Å²) >= 11 is 0. The Morgan fingerprint density at radius 3 is 1.68 bits per heavy atom. The van der Waals surface area contributed by atoms with Crippen LogP contribution < -0.4 is 0 Å². The quantitative estimate of drug-likeness (QED) is 0.115. The zero-order valence-corrected chi connectivity index (χ0v) is 24.6. The van der Waals surface area contributed by atoms with Crippen LogP contribution in [0.3, 0.4) is 0 Å². The number of esters is 1. The zero-order valence-electron chi connectivity index (χ0n) is 24.6. The van der Waals surface area contributed by atoms with Gasteiger partial charge in [0.2, 0.25) is 0 Å². The van der Waals surface area contributed by atoms with E-state index in [2.05, 4.69) is 6.58 Å². The predicted molar refractivity (Wildman–Crippen MR) is 167 cm³/mol. The molecular formula is C37H38O7. The highest BCUT2D eigenvalue weighted by Gasteiger charge is 2.50. The summed E-state index contributed by atoms with van der Waals surface area (Å²) in [6.45, 7) is 5.13. The molecule has 1 aliphatic rings. The maximum atomic E-state index is 13.4. The van der Waals surface area contributed by atoms with Crippen LogP contribution in [0, 0.1) is 0 Å². The molecule has 0 aliphatic carbocycles. The van der Waals surface area contributed by atoms with Crippen molar-refractivity contribution in [2.45, 2.75) is 50.5 Å². The Labute approximate surface area is 258 Å². The third-order valence-corrected chi connectivity index (χ3v) is 7.19. The minimum absolute atomic E-state index is 0.183. The van der Waals surface area contributed by atoms with Gasteiger partial charge >= 0.3 is 5.97 Å². The standard InChI is InChI=1S/C37H38O7/c1-2-23-40-37-35(44-36(38)31-21-13-6-14-22-31)34(42-26-30-19-11-5-12-20-30)33(41-25-29-17-9-4-10-18-29)32(43-37)27-39-24-28-15-7-3-8-16-28/h2-22,32-35,37H,1,23-27H2/t32?,33-,34?,35?,37-/m1/s1. The molecule has 7 nitrogen and oxygen atoms in total. The molecule has 0 amide bonds. The summed E-state index contributed by atoms with van der Waals surface area (Å²) in [5, 5.41) is 0. The summed E-state index contributed by atoms with van der Waals surface area (Å²) < 4.78 is 38.0. The van der Waals surface area contributed by atoms with Crippen molar-refractivity contribution in [2.75, 3.05) is 13.2 Å². The molecule has 3 unspecified atom stereocenters. The molecule has 5 atom stereocenters. The monoisotopic (exact) mass is 594 g/mol. The molecular weight excluding hydrogens is 556 g/mol. The second kappa shape index (κ2) is 16.7. The highest BCUT2D eigenvalue weighted by atomic mass is 16.7. The Kier molecular flexibility index (Phi) is 11.9. The SMILES string of the molecule is C=CCO[C@@H]1OC(COCc2ccccc2)[C@@H](OCc2ccccc2)C(OCc2ccccc2)C1OC(=O)c1ccccc1. The first-order valence-electron chi connectivity index (χ1n) is 14.8. The highest BCUT2D eigenvalue weighted by Crippen LogP contribution is 2.31. The zero-order chi connectivity index (χ0) is 30.4. The molecule has 1 fully saturated rings. The fourth-order valence-corrected chi connectivity index (χ4v) is 4.99. The molecule has 0 N–H and O–H groups in total. The molecule has 0 saturated carbocycles. The van der Waals surface area contributed by atoms with E-state index in [9.17, 15) is 4.79 Å². The Bertz CT molecular complexity index is 1400. The van der Waals surface area contributed by atoms with Gasteiger partial charge in [-0.3, -0.25) is 0 Å². The molecule has 5 rings (SSSR count). The third-order valence-electron chi connectivity index (χ3n) is 7.19. The van der Waals surface area contributed by atoms with Gasteiger partial charge in [0.1, 0.15) is 18.3 Å². The molecule has 228 valence electrons. The molecule has 1 saturated heterocycles. The van der Waals surface area contributed by atoms with Gasteiger partial charge in [-0.05, 0) is 28.8 Å². The van der Waals surface area contributed by atoms with Crippen LogP contribution in [-0.4, -0.2) is 49.9 Å². The second-order valence-electron chi connectivity index (χ2n) is 10.4. The maximum absolute atomic E-state index is 13.4. The normalized spacial score (nSPS) is 21.4. The molecule has 44 heavy (non-hydrogen) atoms. The lowest BCUT2D eigenvalue weighted by molar-refractivity contribution is -0.315. The fourth-order valence-electron chi connectivity index (χ4n) is 4.99. The van der Waals surface area contributed by atoms with Crippen LogP contribution in [0.4, 0.5) is 0 Å². The second-order valence-corrected chi connectivity index (χ2v) is 10.4. The van der Waals surface area contributed by atoms with E-state index in [4.69, 9.17) is 28.4 Å². The van der Waals surface area contributed by atoms with Gasteiger partial charge in [-0.2, -0.15) is 0 Å². The Morgan fingerprint density at radius 1 is 0.636 bits per heavy atom. The van der Waals surface area contributed by atoms with Gasteiger partial charge in [0.25, 0.3) is 0 Å². The first kappa shape index (κ1) is 31.3. The highest BCUT2D eigenvalue weighted by molar-refractivity contribution is 5.89. The number of benzene rings is 4. The van der Waals surface area contributed by atoms with Crippen molar-refractivity contribution in [1.82, 2.24) is 0 Å². The van der Waals surface area contributed by atoms with E-state index in [1.165, 1.54) is 0 Å². The number of carbonyl (C=O) groups excluding carboxylic acids is 1.